The van der Waals surface area contributed by atoms with Crippen molar-refractivity contribution in [2.24, 2.45) is 0 Å². The zero-order chi connectivity index (χ0) is 32.9. The molecule has 0 aliphatic carbocycles. The van der Waals surface area contributed by atoms with Crippen LogP contribution in [0.1, 0.15) is 49.4 Å². The number of ether oxygens (including phenoxy) is 4. The Morgan fingerprint density at radius 1 is 1.02 bits per heavy atom. The van der Waals surface area contributed by atoms with Crippen LogP contribution >= 0.6 is 23.1 Å². The first-order chi connectivity index (χ1) is 22.9. The number of carbonyl (C=O) groups is 2. The molecule has 0 spiro atoms. The maximum Gasteiger partial charge on any atom is 0.301 e. The van der Waals surface area contributed by atoms with E-state index in [0.29, 0.717) is 70.6 Å². The Hall–Kier alpha value is -4.62. The Bertz CT molecular complexity index is 1830. The first kappa shape index (κ1) is 32.3. The molecule has 1 atom stereocenters. The monoisotopic (exact) mass is 677 g/mol. The summed E-state index contributed by atoms with van der Waals surface area (Å²) in [6.07, 6.45) is 1.82. The lowest BCUT2D eigenvalue weighted by molar-refractivity contribution is -0.132. The van der Waals surface area contributed by atoms with Crippen LogP contribution in [0.4, 0.5) is 9.52 Å². The van der Waals surface area contributed by atoms with Gasteiger partial charge in [0, 0.05) is 11.3 Å². The molecule has 0 radical (unpaired) electrons. The minimum Gasteiger partial charge on any atom is -0.507 e. The summed E-state index contributed by atoms with van der Waals surface area (Å²) >= 11 is 2.36. The summed E-state index contributed by atoms with van der Waals surface area (Å²) in [5, 5.41) is 20.3. The van der Waals surface area contributed by atoms with E-state index in [1.807, 2.05) is 6.92 Å². The van der Waals surface area contributed by atoms with E-state index >= 15 is 0 Å². The fourth-order valence-electron chi connectivity index (χ4n) is 5.21. The lowest BCUT2D eigenvalue weighted by Gasteiger charge is -2.24. The number of benzene rings is 3. The van der Waals surface area contributed by atoms with Crippen molar-refractivity contribution in [3.63, 3.8) is 0 Å². The summed E-state index contributed by atoms with van der Waals surface area (Å²) in [5.74, 6) is -0.297. The van der Waals surface area contributed by atoms with Crippen molar-refractivity contribution in [2.75, 3.05) is 31.3 Å². The molecule has 47 heavy (non-hydrogen) atoms. The molecule has 1 aromatic heterocycles. The van der Waals surface area contributed by atoms with Gasteiger partial charge in [-0.2, -0.15) is 0 Å². The van der Waals surface area contributed by atoms with Gasteiger partial charge in [-0.25, -0.2) is 4.39 Å². The third kappa shape index (κ3) is 6.77. The van der Waals surface area contributed by atoms with E-state index in [2.05, 4.69) is 17.1 Å². The number of aromatic nitrogens is 2. The molecule has 4 aromatic rings. The van der Waals surface area contributed by atoms with Crippen LogP contribution in [0.5, 0.6) is 23.0 Å². The molecule has 6 rings (SSSR count). The number of hydrogen-bond acceptors (Lipinski definition) is 11. The van der Waals surface area contributed by atoms with E-state index in [-0.39, 0.29) is 27.8 Å². The second-order valence-corrected chi connectivity index (χ2v) is 12.8. The number of anilines is 1. The van der Waals surface area contributed by atoms with Crippen molar-refractivity contribution < 1.29 is 38.0 Å². The number of aliphatic hydroxyl groups is 1. The maximum absolute atomic E-state index is 14.2. The van der Waals surface area contributed by atoms with Gasteiger partial charge >= 0.3 is 5.91 Å². The molecule has 13 heteroatoms. The zero-order valence-electron chi connectivity index (χ0n) is 25.7. The summed E-state index contributed by atoms with van der Waals surface area (Å²) in [5.41, 5.74) is 1.13. The predicted octanol–water partition coefficient (Wildman–Crippen LogP) is 6.94. The fourth-order valence-corrected chi connectivity index (χ4v) is 7.07. The first-order valence-corrected chi connectivity index (χ1v) is 17.0. The summed E-state index contributed by atoms with van der Waals surface area (Å²) in [6, 6.07) is 15.4. The van der Waals surface area contributed by atoms with Crippen molar-refractivity contribution >= 4 is 45.7 Å². The minimum absolute atomic E-state index is 0.135. The van der Waals surface area contributed by atoms with E-state index in [9.17, 15) is 19.1 Å². The van der Waals surface area contributed by atoms with Gasteiger partial charge < -0.3 is 24.1 Å². The molecule has 1 amide bonds. The van der Waals surface area contributed by atoms with Gasteiger partial charge in [0.15, 0.2) is 27.3 Å². The second-order valence-electron chi connectivity index (χ2n) is 10.6. The second kappa shape index (κ2) is 14.4. The molecular formula is C34H32FN3O7S2. The van der Waals surface area contributed by atoms with E-state index in [1.54, 1.807) is 54.6 Å². The lowest BCUT2D eigenvalue weighted by Crippen LogP contribution is -2.29. The minimum atomic E-state index is -1.08. The van der Waals surface area contributed by atoms with Crippen molar-refractivity contribution in [1.82, 2.24) is 10.2 Å². The first-order valence-electron chi connectivity index (χ1n) is 15.2. The highest BCUT2D eigenvalue weighted by Crippen LogP contribution is 2.46. The molecule has 0 saturated carbocycles. The summed E-state index contributed by atoms with van der Waals surface area (Å²) in [7, 11) is 0. The van der Waals surface area contributed by atoms with Crippen LogP contribution in [0.15, 0.2) is 70.6 Å². The number of carbonyl (C=O) groups excluding carboxylic acids is 2. The highest BCUT2D eigenvalue weighted by Gasteiger charge is 2.48. The van der Waals surface area contributed by atoms with Crippen LogP contribution in [0.3, 0.4) is 0 Å². The Kier molecular flexibility index (Phi) is 9.92. The lowest BCUT2D eigenvalue weighted by atomic mass is 9.95. The molecule has 3 heterocycles. The van der Waals surface area contributed by atoms with Crippen LogP contribution in [-0.2, 0) is 15.3 Å². The average Bonchev–Trinajstić information content (AvgIpc) is 3.66. The number of Topliss-reactive ketones (excluding diaryl/α,β-unsaturated/α-hetero) is 1. The van der Waals surface area contributed by atoms with Crippen molar-refractivity contribution in [3.8, 4) is 23.0 Å². The van der Waals surface area contributed by atoms with Crippen LogP contribution in [0.2, 0.25) is 0 Å². The van der Waals surface area contributed by atoms with E-state index < -0.39 is 17.7 Å². The third-order valence-electron chi connectivity index (χ3n) is 7.51. The number of thioether (sulfide) groups is 1. The molecule has 1 N–H and O–H groups in total. The molecule has 10 nitrogen and oxygen atoms in total. The van der Waals surface area contributed by atoms with E-state index in [0.717, 1.165) is 24.2 Å². The van der Waals surface area contributed by atoms with Gasteiger partial charge in [-0.3, -0.25) is 14.5 Å². The Morgan fingerprint density at radius 2 is 1.83 bits per heavy atom. The van der Waals surface area contributed by atoms with Gasteiger partial charge in [0.1, 0.15) is 24.8 Å². The number of nitrogens with zero attached hydrogens (tertiary/aromatic N) is 3. The van der Waals surface area contributed by atoms with Crippen LogP contribution in [0.25, 0.3) is 5.76 Å². The Balaban J connectivity index is 1.42. The molecule has 3 aromatic carbocycles. The largest absolute Gasteiger partial charge is 0.507 e. The van der Waals surface area contributed by atoms with Crippen LogP contribution < -0.4 is 23.8 Å². The van der Waals surface area contributed by atoms with Crippen molar-refractivity contribution in [3.05, 3.63) is 88.7 Å². The zero-order valence-corrected chi connectivity index (χ0v) is 27.4. The van der Waals surface area contributed by atoms with Crippen molar-refractivity contribution in [1.29, 1.82) is 0 Å². The van der Waals surface area contributed by atoms with Gasteiger partial charge in [0.05, 0.1) is 24.8 Å². The molecular weight excluding hydrogens is 646 g/mol. The molecule has 2 aliphatic rings. The van der Waals surface area contributed by atoms with Gasteiger partial charge in [0.25, 0.3) is 5.78 Å². The summed E-state index contributed by atoms with van der Waals surface area (Å²) in [4.78, 5) is 28.8. The molecule has 1 fully saturated rings. The number of fused-ring (bicyclic) bond motifs is 1. The number of amides is 1. The van der Waals surface area contributed by atoms with Gasteiger partial charge in [0.2, 0.25) is 5.13 Å². The SMILES string of the molecule is CCCCOc1ccc(C2/C(=C(\O)c3ccc4c(c3)OCCO4)C(=O)C(=O)N2c2nnc(SCc3ccccc3F)s2)cc1OCC. The molecule has 1 unspecified atom stereocenters. The fraction of sp³-hybridized carbons (Fsp3) is 0.294. The topological polar surface area (TPSA) is 120 Å². The highest BCUT2D eigenvalue weighted by atomic mass is 32.2. The Labute approximate surface area is 279 Å². The predicted molar refractivity (Wildman–Crippen MR) is 176 cm³/mol. The van der Waals surface area contributed by atoms with Gasteiger partial charge in [-0.05, 0) is 60.9 Å². The summed E-state index contributed by atoms with van der Waals surface area (Å²) in [6.45, 7) is 5.49. The number of hydrogen-bond donors (Lipinski definition) is 1. The quantitative estimate of drug-likeness (QED) is 0.0422. The maximum atomic E-state index is 14.2. The highest BCUT2D eigenvalue weighted by molar-refractivity contribution is 8.00. The number of ketones is 1. The van der Waals surface area contributed by atoms with Crippen molar-refractivity contribution in [2.45, 2.75) is 42.8 Å². The van der Waals surface area contributed by atoms with E-state index in [4.69, 9.17) is 18.9 Å². The average molecular weight is 678 g/mol. The number of unbranched alkanes of at least 4 members (excludes halogenated alkanes) is 1. The number of aliphatic hydroxyl groups excluding tert-OH is 1. The van der Waals surface area contributed by atoms with Crippen LogP contribution in [-0.4, -0.2) is 53.4 Å². The molecule has 244 valence electrons. The van der Waals surface area contributed by atoms with Gasteiger partial charge in [-0.15, -0.1) is 10.2 Å². The molecule has 2 aliphatic heterocycles. The van der Waals surface area contributed by atoms with Gasteiger partial charge in [-0.1, -0.05) is 60.7 Å². The third-order valence-corrected chi connectivity index (χ3v) is 9.61. The standard InChI is InChI=1S/C34H32FN3O7S2/c1-3-5-14-43-24-12-10-20(17-26(24)42-4-2)29-28(30(39)21-11-13-25-27(18-21)45-16-15-44-25)31(40)32(41)38(29)33-36-37-34(47-33)46-19-22-8-6-7-9-23(22)35/h6-13,17-18,29,39H,3-5,14-16,19H2,1-2H3/b30-28+. The normalized spacial score (nSPS) is 16.8. The van der Waals surface area contributed by atoms with E-state index in [1.165, 1.54) is 22.7 Å². The molecule has 1 saturated heterocycles. The summed E-state index contributed by atoms with van der Waals surface area (Å²) < 4.78 is 37.9. The smallest absolute Gasteiger partial charge is 0.301 e. The molecule has 0 bridgehead atoms. The number of rotatable bonds is 12. The number of halogens is 1. The Morgan fingerprint density at radius 3 is 2.62 bits per heavy atom. The van der Waals surface area contributed by atoms with Crippen LogP contribution in [0, 0.1) is 5.82 Å².